The van der Waals surface area contributed by atoms with Gasteiger partial charge >= 0.3 is 0 Å². The number of nitrogens with two attached hydrogens (primary N) is 1. The second kappa shape index (κ2) is 1.97. The van der Waals surface area contributed by atoms with Crippen LogP contribution in [-0.4, -0.2) is 30.2 Å². The molecule has 1 aliphatic heterocycles. The normalized spacial score (nSPS) is 34.6. The van der Waals surface area contributed by atoms with Gasteiger partial charge < -0.3 is 5.73 Å². The first-order chi connectivity index (χ1) is 4.18. The molecule has 0 radical (unpaired) electrons. The van der Waals surface area contributed by atoms with Crippen LogP contribution < -0.4 is 5.73 Å². The van der Waals surface area contributed by atoms with Crippen LogP contribution in [-0.2, 0) is 9.63 Å². The first-order valence-corrected chi connectivity index (χ1v) is 2.81. The Morgan fingerprint density at radius 2 is 2.33 bits per heavy atom. The predicted molar refractivity (Wildman–Crippen MR) is 31.3 cm³/mol. The zero-order valence-corrected chi connectivity index (χ0v) is 5.50. The summed E-state index contributed by atoms with van der Waals surface area (Å²) in [6.45, 7) is 1.84. The predicted octanol–water partition coefficient (Wildman–Crippen LogP) is -0.894. The summed E-state index contributed by atoms with van der Waals surface area (Å²) in [4.78, 5) is 15.4. The Bertz CT molecular complexity index is 137. The van der Waals surface area contributed by atoms with Gasteiger partial charge in [-0.15, -0.1) is 0 Å². The molecule has 1 rings (SSSR count). The Labute approximate surface area is 53.5 Å². The molecule has 1 aliphatic rings. The fourth-order valence-corrected chi connectivity index (χ4v) is 0.874. The molecule has 1 saturated heterocycles. The number of rotatable bonds is 1. The fraction of sp³-hybridized carbons (Fsp3) is 0.800. The summed E-state index contributed by atoms with van der Waals surface area (Å²) in [6, 6.07) is -0.326. The van der Waals surface area contributed by atoms with E-state index < -0.39 is 0 Å². The smallest absolute Gasteiger partial charge is 0.265 e. The lowest BCUT2D eigenvalue weighted by molar-refractivity contribution is -0.217. The van der Waals surface area contributed by atoms with E-state index in [1.165, 1.54) is 12.2 Å². The SMILES string of the molecule is CON1C(=O)C(N)C1C. The Hall–Kier alpha value is -0.610. The van der Waals surface area contributed by atoms with Crippen LogP contribution in [0, 0.1) is 0 Å². The number of hydrogen-bond donors (Lipinski definition) is 1. The zero-order valence-electron chi connectivity index (χ0n) is 5.50. The highest BCUT2D eigenvalue weighted by Gasteiger charge is 2.42. The van der Waals surface area contributed by atoms with Crippen molar-refractivity contribution < 1.29 is 9.63 Å². The summed E-state index contributed by atoms with van der Waals surface area (Å²) in [5, 5.41) is 1.27. The Balaban J connectivity index is 2.51. The molecule has 0 saturated carbocycles. The minimum Gasteiger partial charge on any atom is -0.318 e. The van der Waals surface area contributed by atoms with Crippen LogP contribution in [0.4, 0.5) is 0 Å². The lowest BCUT2D eigenvalue weighted by Crippen LogP contribution is -2.66. The third kappa shape index (κ3) is 0.710. The fourth-order valence-electron chi connectivity index (χ4n) is 0.874. The maximum Gasteiger partial charge on any atom is 0.265 e. The molecule has 0 aromatic heterocycles. The average Bonchev–Trinajstić information content (AvgIpc) is 1.89. The van der Waals surface area contributed by atoms with E-state index in [1.54, 1.807) is 0 Å². The molecule has 0 aliphatic carbocycles. The van der Waals surface area contributed by atoms with Crippen molar-refractivity contribution in [3.05, 3.63) is 0 Å². The van der Waals surface area contributed by atoms with E-state index in [0.29, 0.717) is 0 Å². The number of carbonyl (C=O) groups is 1. The van der Waals surface area contributed by atoms with Crippen molar-refractivity contribution in [1.29, 1.82) is 0 Å². The number of β-lactam (4-membered cyclic amide) rings is 1. The molecule has 2 N–H and O–H groups in total. The van der Waals surface area contributed by atoms with Crippen molar-refractivity contribution in [2.24, 2.45) is 5.73 Å². The van der Waals surface area contributed by atoms with E-state index in [4.69, 9.17) is 5.73 Å². The van der Waals surface area contributed by atoms with Gasteiger partial charge in [0.2, 0.25) is 0 Å². The highest BCUT2D eigenvalue weighted by Crippen LogP contribution is 2.16. The van der Waals surface area contributed by atoms with Gasteiger partial charge in [-0.2, -0.15) is 0 Å². The van der Waals surface area contributed by atoms with Gasteiger partial charge in [0.1, 0.15) is 6.04 Å². The standard InChI is InChI=1S/C5H10N2O2/c1-3-4(6)5(8)7(3)9-2/h3-4H,6H2,1-2H3. The highest BCUT2D eigenvalue weighted by atomic mass is 16.7. The van der Waals surface area contributed by atoms with E-state index in [0.717, 1.165) is 0 Å². The Morgan fingerprint density at radius 3 is 2.56 bits per heavy atom. The molecule has 9 heavy (non-hydrogen) atoms. The van der Waals surface area contributed by atoms with Gasteiger partial charge in [0, 0.05) is 0 Å². The number of hydrogen-bond acceptors (Lipinski definition) is 3. The Morgan fingerprint density at radius 1 is 1.78 bits per heavy atom. The van der Waals surface area contributed by atoms with Gasteiger partial charge in [-0.3, -0.25) is 9.63 Å². The quantitative estimate of drug-likeness (QED) is 0.468. The van der Waals surface area contributed by atoms with E-state index in [2.05, 4.69) is 4.84 Å². The second-order valence-electron chi connectivity index (χ2n) is 2.11. The van der Waals surface area contributed by atoms with E-state index >= 15 is 0 Å². The summed E-state index contributed by atoms with van der Waals surface area (Å²) in [7, 11) is 1.46. The van der Waals surface area contributed by atoms with Crippen LogP contribution in [0.25, 0.3) is 0 Å². The molecule has 1 heterocycles. The maximum atomic E-state index is 10.7. The molecule has 0 aromatic carbocycles. The van der Waals surface area contributed by atoms with Crippen molar-refractivity contribution in [3.63, 3.8) is 0 Å². The third-order valence-corrected chi connectivity index (χ3v) is 1.59. The van der Waals surface area contributed by atoms with Gasteiger partial charge in [-0.1, -0.05) is 0 Å². The van der Waals surface area contributed by atoms with Gasteiger partial charge in [-0.05, 0) is 6.92 Å². The molecule has 2 atom stereocenters. The number of hydroxylamine groups is 2. The molecule has 1 amide bonds. The van der Waals surface area contributed by atoms with Gasteiger partial charge in [0.05, 0.1) is 13.2 Å². The molecule has 4 nitrogen and oxygen atoms in total. The molecular weight excluding hydrogens is 120 g/mol. The van der Waals surface area contributed by atoms with Gasteiger partial charge in [0.15, 0.2) is 0 Å². The lowest BCUT2D eigenvalue weighted by Gasteiger charge is -2.40. The van der Waals surface area contributed by atoms with Crippen molar-refractivity contribution in [2.45, 2.75) is 19.0 Å². The molecule has 0 bridgehead atoms. The molecule has 0 aromatic rings. The topological polar surface area (TPSA) is 55.6 Å². The third-order valence-electron chi connectivity index (χ3n) is 1.59. The average molecular weight is 130 g/mol. The van der Waals surface area contributed by atoms with Crippen LogP contribution in [0.1, 0.15) is 6.92 Å². The van der Waals surface area contributed by atoms with E-state index in [1.807, 2.05) is 6.92 Å². The summed E-state index contributed by atoms with van der Waals surface area (Å²) >= 11 is 0. The van der Waals surface area contributed by atoms with Crippen molar-refractivity contribution >= 4 is 5.91 Å². The summed E-state index contributed by atoms with van der Waals surface area (Å²) < 4.78 is 0. The van der Waals surface area contributed by atoms with Crippen molar-refractivity contribution in [1.82, 2.24) is 5.06 Å². The van der Waals surface area contributed by atoms with Gasteiger partial charge in [-0.25, -0.2) is 5.06 Å². The minimum atomic E-state index is -0.357. The molecule has 1 fully saturated rings. The first-order valence-electron chi connectivity index (χ1n) is 2.81. The van der Waals surface area contributed by atoms with Crippen LogP contribution in [0.5, 0.6) is 0 Å². The Kier molecular flexibility index (Phi) is 1.42. The zero-order chi connectivity index (χ0) is 7.02. The summed E-state index contributed by atoms with van der Waals surface area (Å²) in [5.74, 6) is -0.134. The number of amides is 1. The van der Waals surface area contributed by atoms with Crippen LogP contribution in [0.2, 0.25) is 0 Å². The molecule has 2 unspecified atom stereocenters. The lowest BCUT2D eigenvalue weighted by atomic mass is 10.0. The van der Waals surface area contributed by atoms with Gasteiger partial charge in [0.25, 0.3) is 5.91 Å². The van der Waals surface area contributed by atoms with E-state index in [-0.39, 0.29) is 18.0 Å². The number of carbonyl (C=O) groups excluding carboxylic acids is 1. The maximum absolute atomic E-state index is 10.7. The summed E-state index contributed by atoms with van der Waals surface area (Å²) in [5.41, 5.74) is 5.36. The molecule has 4 heteroatoms. The molecule has 52 valence electrons. The highest BCUT2D eigenvalue weighted by molar-refractivity contribution is 5.87. The first kappa shape index (κ1) is 6.51. The largest absolute Gasteiger partial charge is 0.318 e. The second-order valence-corrected chi connectivity index (χ2v) is 2.11. The van der Waals surface area contributed by atoms with Crippen molar-refractivity contribution in [3.8, 4) is 0 Å². The molecular formula is C5H10N2O2. The minimum absolute atomic E-state index is 0.0301. The molecule has 0 spiro atoms. The van der Waals surface area contributed by atoms with Crippen LogP contribution >= 0.6 is 0 Å². The monoisotopic (exact) mass is 130 g/mol. The van der Waals surface area contributed by atoms with E-state index in [9.17, 15) is 4.79 Å². The van der Waals surface area contributed by atoms with Crippen LogP contribution in [0.15, 0.2) is 0 Å². The summed E-state index contributed by atoms with van der Waals surface area (Å²) in [6.07, 6.45) is 0. The van der Waals surface area contributed by atoms with Crippen LogP contribution in [0.3, 0.4) is 0 Å². The van der Waals surface area contributed by atoms with Crippen molar-refractivity contribution in [2.75, 3.05) is 7.11 Å². The number of nitrogens with zero attached hydrogens (tertiary/aromatic N) is 1.